The smallest absolute Gasteiger partial charge is 0.336 e. The molecule has 1 aromatic heterocycles. The van der Waals surface area contributed by atoms with Gasteiger partial charge in [0, 0.05) is 24.5 Å². The van der Waals surface area contributed by atoms with Crippen LogP contribution in [0, 0.1) is 6.92 Å². The van der Waals surface area contributed by atoms with E-state index >= 15 is 0 Å². The summed E-state index contributed by atoms with van der Waals surface area (Å²) in [4.78, 5) is 11.9. The van der Waals surface area contributed by atoms with E-state index in [-0.39, 0.29) is 5.63 Å². The summed E-state index contributed by atoms with van der Waals surface area (Å²) < 4.78 is 5.40. The molecule has 0 amide bonds. The van der Waals surface area contributed by atoms with E-state index in [1.165, 1.54) is 11.1 Å². The summed E-state index contributed by atoms with van der Waals surface area (Å²) in [5.74, 6) is 0. The van der Waals surface area contributed by atoms with Gasteiger partial charge in [0.1, 0.15) is 5.58 Å². The molecule has 0 saturated carbocycles. The molecule has 3 nitrogen and oxygen atoms in total. The zero-order chi connectivity index (χ0) is 17.2. The molecule has 3 aromatic carbocycles. The molecule has 0 saturated heterocycles. The first kappa shape index (κ1) is 15.6. The van der Waals surface area contributed by atoms with Crippen molar-refractivity contribution in [2.75, 3.05) is 0 Å². The Balaban J connectivity index is 1.69. The lowest BCUT2D eigenvalue weighted by molar-refractivity contribution is 0.557. The fraction of sp³-hybridized carbons (Fsp3) is 0.136. The lowest BCUT2D eigenvalue weighted by atomic mass is 10.0. The van der Waals surface area contributed by atoms with Crippen LogP contribution in [0.1, 0.15) is 16.7 Å². The van der Waals surface area contributed by atoms with Crippen LogP contribution in [0.25, 0.3) is 21.7 Å². The van der Waals surface area contributed by atoms with E-state index in [1.54, 1.807) is 6.07 Å². The number of hydrogen-bond acceptors (Lipinski definition) is 3. The number of rotatable bonds is 4. The van der Waals surface area contributed by atoms with E-state index in [0.29, 0.717) is 12.1 Å². The van der Waals surface area contributed by atoms with Gasteiger partial charge in [-0.25, -0.2) is 4.79 Å². The van der Waals surface area contributed by atoms with Crippen molar-refractivity contribution in [2.45, 2.75) is 20.0 Å². The van der Waals surface area contributed by atoms with Crippen LogP contribution in [-0.2, 0) is 13.1 Å². The largest absolute Gasteiger partial charge is 0.423 e. The Morgan fingerprint density at radius 1 is 0.920 bits per heavy atom. The van der Waals surface area contributed by atoms with E-state index < -0.39 is 0 Å². The highest BCUT2D eigenvalue weighted by Gasteiger charge is 2.09. The van der Waals surface area contributed by atoms with Crippen molar-refractivity contribution in [3.63, 3.8) is 0 Å². The highest BCUT2D eigenvalue weighted by atomic mass is 16.4. The summed E-state index contributed by atoms with van der Waals surface area (Å²) in [7, 11) is 0. The van der Waals surface area contributed by atoms with Gasteiger partial charge < -0.3 is 9.73 Å². The van der Waals surface area contributed by atoms with E-state index in [9.17, 15) is 4.79 Å². The van der Waals surface area contributed by atoms with Crippen LogP contribution in [0.3, 0.4) is 0 Å². The first-order valence-corrected chi connectivity index (χ1v) is 8.41. The van der Waals surface area contributed by atoms with Crippen LogP contribution in [0.4, 0.5) is 0 Å². The Hall–Kier alpha value is -2.91. The maximum absolute atomic E-state index is 11.9. The Bertz CT molecular complexity index is 1090. The van der Waals surface area contributed by atoms with Crippen molar-refractivity contribution in [3.8, 4) is 0 Å². The summed E-state index contributed by atoms with van der Waals surface area (Å²) in [6.07, 6.45) is 0. The van der Waals surface area contributed by atoms with Gasteiger partial charge in [-0.15, -0.1) is 0 Å². The summed E-state index contributed by atoms with van der Waals surface area (Å²) in [6.45, 7) is 3.45. The van der Waals surface area contributed by atoms with Gasteiger partial charge in [0.05, 0.1) is 0 Å². The van der Waals surface area contributed by atoms with Crippen LogP contribution in [0.2, 0.25) is 0 Å². The Morgan fingerprint density at radius 3 is 2.56 bits per heavy atom. The summed E-state index contributed by atoms with van der Waals surface area (Å²) in [6, 6.07) is 22.1. The minimum atomic E-state index is -0.310. The lowest BCUT2D eigenvalue weighted by Gasteiger charge is -2.10. The maximum Gasteiger partial charge on any atom is 0.336 e. The molecule has 0 aliphatic carbocycles. The van der Waals surface area contributed by atoms with Crippen molar-refractivity contribution in [1.29, 1.82) is 0 Å². The van der Waals surface area contributed by atoms with Gasteiger partial charge in [0.25, 0.3) is 0 Å². The standard InChI is InChI=1S/C22H19NO2/c1-15-6-8-16(9-7-15)13-23-14-18-12-21(24)25-20-11-10-17-4-2-3-5-19(17)22(18)20/h2-12,23H,13-14H2,1H3. The summed E-state index contributed by atoms with van der Waals surface area (Å²) in [5, 5.41) is 6.70. The van der Waals surface area contributed by atoms with Crippen LogP contribution in [-0.4, -0.2) is 0 Å². The third-order valence-electron chi connectivity index (χ3n) is 4.48. The fourth-order valence-electron chi connectivity index (χ4n) is 3.21. The lowest BCUT2D eigenvalue weighted by Crippen LogP contribution is -2.14. The van der Waals surface area contributed by atoms with Gasteiger partial charge in [0.15, 0.2) is 0 Å². The van der Waals surface area contributed by atoms with Crippen LogP contribution >= 0.6 is 0 Å². The Kier molecular flexibility index (Phi) is 4.08. The Labute approximate surface area is 145 Å². The molecule has 1 heterocycles. The molecule has 0 fully saturated rings. The molecule has 4 rings (SSSR count). The molecule has 0 aliphatic rings. The summed E-state index contributed by atoms with van der Waals surface area (Å²) >= 11 is 0. The molecule has 3 heteroatoms. The SMILES string of the molecule is Cc1ccc(CNCc2cc(=O)oc3ccc4ccccc4c23)cc1. The minimum Gasteiger partial charge on any atom is -0.423 e. The maximum atomic E-state index is 11.9. The van der Waals surface area contributed by atoms with E-state index in [0.717, 1.165) is 28.3 Å². The van der Waals surface area contributed by atoms with Crippen molar-refractivity contribution < 1.29 is 4.42 Å². The van der Waals surface area contributed by atoms with Gasteiger partial charge in [-0.2, -0.15) is 0 Å². The van der Waals surface area contributed by atoms with Gasteiger partial charge in [-0.1, -0.05) is 60.2 Å². The normalized spacial score (nSPS) is 11.2. The van der Waals surface area contributed by atoms with E-state index in [1.807, 2.05) is 24.3 Å². The number of nitrogens with one attached hydrogen (secondary N) is 1. The highest BCUT2D eigenvalue weighted by Crippen LogP contribution is 2.27. The predicted molar refractivity (Wildman–Crippen MR) is 102 cm³/mol. The number of benzene rings is 3. The van der Waals surface area contributed by atoms with Crippen molar-refractivity contribution in [3.05, 3.63) is 93.8 Å². The van der Waals surface area contributed by atoms with E-state index in [4.69, 9.17) is 4.42 Å². The minimum absolute atomic E-state index is 0.310. The fourth-order valence-corrected chi connectivity index (χ4v) is 3.21. The molecule has 25 heavy (non-hydrogen) atoms. The quantitative estimate of drug-likeness (QED) is 0.441. The highest BCUT2D eigenvalue weighted by molar-refractivity contribution is 6.07. The zero-order valence-electron chi connectivity index (χ0n) is 14.1. The van der Waals surface area contributed by atoms with Crippen molar-refractivity contribution in [2.24, 2.45) is 0 Å². The molecule has 0 aliphatic heterocycles. The van der Waals surface area contributed by atoms with Gasteiger partial charge in [0.2, 0.25) is 0 Å². The second kappa shape index (κ2) is 6.54. The van der Waals surface area contributed by atoms with Crippen LogP contribution < -0.4 is 10.9 Å². The molecule has 0 unspecified atom stereocenters. The molecule has 4 aromatic rings. The van der Waals surface area contributed by atoms with E-state index in [2.05, 4.69) is 48.6 Å². The van der Waals surface area contributed by atoms with Gasteiger partial charge in [-0.3, -0.25) is 0 Å². The van der Waals surface area contributed by atoms with Crippen molar-refractivity contribution in [1.82, 2.24) is 5.32 Å². The molecule has 0 atom stereocenters. The second-order valence-electron chi connectivity index (χ2n) is 6.34. The van der Waals surface area contributed by atoms with Crippen molar-refractivity contribution >= 4 is 21.7 Å². The molecule has 124 valence electrons. The number of aryl methyl sites for hydroxylation is 1. The first-order valence-electron chi connectivity index (χ1n) is 8.41. The topological polar surface area (TPSA) is 42.2 Å². The van der Waals surface area contributed by atoms with Gasteiger partial charge >= 0.3 is 5.63 Å². The van der Waals surface area contributed by atoms with Gasteiger partial charge in [-0.05, 0) is 34.9 Å². The third kappa shape index (κ3) is 3.19. The Morgan fingerprint density at radius 2 is 1.72 bits per heavy atom. The average Bonchev–Trinajstić information content (AvgIpc) is 2.62. The monoisotopic (exact) mass is 329 g/mol. The molecule has 0 radical (unpaired) electrons. The second-order valence-corrected chi connectivity index (χ2v) is 6.34. The molecule has 0 spiro atoms. The molecule has 0 bridgehead atoms. The summed E-state index contributed by atoms with van der Waals surface area (Å²) in [5.41, 5.74) is 3.77. The van der Waals surface area contributed by atoms with Crippen LogP contribution in [0.15, 0.2) is 75.9 Å². The average molecular weight is 329 g/mol. The number of hydrogen-bond donors (Lipinski definition) is 1. The van der Waals surface area contributed by atoms with Crippen LogP contribution in [0.5, 0.6) is 0 Å². The predicted octanol–water partition coefficient (Wildman–Crippen LogP) is 4.54. The molecule has 1 N–H and O–H groups in total. The number of fused-ring (bicyclic) bond motifs is 3. The first-order chi connectivity index (χ1) is 12.2. The zero-order valence-corrected chi connectivity index (χ0v) is 14.1. The third-order valence-corrected chi connectivity index (χ3v) is 4.48. The molecular weight excluding hydrogens is 310 g/mol. The molecular formula is C22H19NO2.